The molecule has 0 aliphatic carbocycles. The zero-order chi connectivity index (χ0) is 14.6. The molecule has 1 fully saturated rings. The smallest absolute Gasteiger partial charge is 0.285 e. The van der Waals surface area contributed by atoms with E-state index in [1.54, 1.807) is 7.05 Å². The molecule has 20 heavy (non-hydrogen) atoms. The van der Waals surface area contributed by atoms with Crippen molar-refractivity contribution in [3.63, 3.8) is 0 Å². The second-order valence-corrected chi connectivity index (χ2v) is 4.84. The number of anilines is 1. The fourth-order valence-corrected chi connectivity index (χ4v) is 2.67. The number of hydrogen-bond acceptors (Lipinski definition) is 4. The fourth-order valence-electron chi connectivity index (χ4n) is 2.67. The van der Waals surface area contributed by atoms with Gasteiger partial charge in [0.2, 0.25) is 0 Å². The van der Waals surface area contributed by atoms with Crippen LogP contribution in [0.15, 0.2) is 24.3 Å². The van der Waals surface area contributed by atoms with E-state index in [0.717, 1.165) is 13.1 Å². The molecule has 110 valence electrons. The molecule has 0 unspecified atom stereocenters. The summed E-state index contributed by atoms with van der Waals surface area (Å²) in [6.45, 7) is 2.18. The lowest BCUT2D eigenvalue weighted by molar-refractivity contribution is -0.215. The topological polar surface area (TPSA) is 50.8 Å². The predicted molar refractivity (Wildman–Crippen MR) is 77.7 cm³/mol. The van der Waals surface area contributed by atoms with E-state index >= 15 is 0 Å². The summed E-state index contributed by atoms with van der Waals surface area (Å²) in [4.78, 5) is 14.4. The average Bonchev–Trinajstić information content (AvgIpc) is 3.03. The Morgan fingerprint density at radius 1 is 1.15 bits per heavy atom. The first-order chi connectivity index (χ1) is 9.67. The van der Waals surface area contributed by atoms with Crippen molar-refractivity contribution in [3.8, 4) is 0 Å². The van der Waals surface area contributed by atoms with Gasteiger partial charge in [0, 0.05) is 45.6 Å². The molecule has 0 saturated carbocycles. The number of amides is 1. The van der Waals surface area contributed by atoms with Crippen molar-refractivity contribution < 1.29 is 14.3 Å². The average molecular weight is 278 g/mol. The van der Waals surface area contributed by atoms with Crippen molar-refractivity contribution in [1.82, 2.24) is 5.32 Å². The number of ether oxygens (including phenoxy) is 2. The van der Waals surface area contributed by atoms with Gasteiger partial charge in [0.15, 0.2) is 0 Å². The number of nitrogens with zero attached hydrogens (tertiary/aromatic N) is 1. The lowest BCUT2D eigenvalue weighted by atomic mass is 10.0. The number of nitrogens with one attached hydrogen (secondary N) is 1. The van der Waals surface area contributed by atoms with Crippen LogP contribution < -0.4 is 10.2 Å². The summed E-state index contributed by atoms with van der Waals surface area (Å²) in [7, 11) is 4.49. The van der Waals surface area contributed by atoms with Crippen molar-refractivity contribution in [1.29, 1.82) is 0 Å². The van der Waals surface area contributed by atoms with E-state index in [1.807, 2.05) is 24.3 Å². The molecular formula is C15H22N2O3. The molecule has 1 aromatic carbocycles. The quantitative estimate of drug-likeness (QED) is 0.829. The maximum Gasteiger partial charge on any atom is 0.285 e. The normalized spacial score (nSPS) is 15.4. The fraction of sp³-hybridized carbons (Fsp3) is 0.533. The van der Waals surface area contributed by atoms with Crippen LogP contribution in [0.5, 0.6) is 0 Å². The summed E-state index contributed by atoms with van der Waals surface area (Å²) in [6, 6.07) is 7.79. The molecule has 2 rings (SSSR count). The summed E-state index contributed by atoms with van der Waals surface area (Å²) < 4.78 is 10.7. The molecule has 0 radical (unpaired) electrons. The SMILES string of the molecule is CNC(=O)C(OC)(OC)c1ccc(N2CCCC2)cc1. The van der Waals surface area contributed by atoms with Gasteiger partial charge in [0.05, 0.1) is 0 Å². The van der Waals surface area contributed by atoms with Crippen LogP contribution in [-0.4, -0.2) is 40.3 Å². The molecular weight excluding hydrogens is 256 g/mol. The highest BCUT2D eigenvalue weighted by molar-refractivity contribution is 5.85. The zero-order valence-corrected chi connectivity index (χ0v) is 12.3. The molecule has 5 nitrogen and oxygen atoms in total. The highest BCUT2D eigenvalue weighted by Crippen LogP contribution is 2.29. The third-order valence-corrected chi connectivity index (χ3v) is 3.82. The van der Waals surface area contributed by atoms with Crippen molar-refractivity contribution in [2.45, 2.75) is 18.6 Å². The Kier molecular flexibility index (Phi) is 4.62. The number of methoxy groups -OCH3 is 2. The Morgan fingerprint density at radius 2 is 1.70 bits per heavy atom. The van der Waals surface area contributed by atoms with Crippen LogP contribution in [0.1, 0.15) is 18.4 Å². The number of carbonyl (C=O) groups excluding carboxylic acids is 1. The first-order valence-corrected chi connectivity index (χ1v) is 6.86. The van der Waals surface area contributed by atoms with Gasteiger partial charge in [-0.3, -0.25) is 4.79 Å². The minimum Gasteiger partial charge on any atom is -0.372 e. The summed E-state index contributed by atoms with van der Waals surface area (Å²) in [5.41, 5.74) is 1.86. The molecule has 0 bridgehead atoms. The van der Waals surface area contributed by atoms with Crippen LogP contribution in [0.2, 0.25) is 0 Å². The molecule has 1 heterocycles. The molecule has 0 atom stereocenters. The molecule has 0 spiro atoms. The molecule has 1 amide bonds. The Labute approximate surface area is 119 Å². The van der Waals surface area contributed by atoms with Gasteiger partial charge in [0.1, 0.15) is 0 Å². The van der Waals surface area contributed by atoms with Crippen LogP contribution in [-0.2, 0) is 20.1 Å². The summed E-state index contributed by atoms with van der Waals surface area (Å²) in [5.74, 6) is -1.71. The zero-order valence-electron chi connectivity index (χ0n) is 12.3. The number of benzene rings is 1. The minimum absolute atomic E-state index is 0.323. The van der Waals surface area contributed by atoms with Crippen LogP contribution in [0.4, 0.5) is 5.69 Å². The van der Waals surface area contributed by atoms with Crippen LogP contribution >= 0.6 is 0 Å². The second-order valence-electron chi connectivity index (χ2n) is 4.84. The lowest BCUT2D eigenvalue weighted by Crippen LogP contribution is -2.46. The first kappa shape index (κ1) is 14.8. The molecule has 1 aromatic rings. The van der Waals surface area contributed by atoms with Gasteiger partial charge in [-0.1, -0.05) is 12.1 Å². The highest BCUT2D eigenvalue weighted by Gasteiger charge is 2.40. The van der Waals surface area contributed by atoms with Crippen LogP contribution in [0, 0.1) is 0 Å². The number of likely N-dealkylation sites (N-methyl/N-ethyl adjacent to an activating group) is 1. The monoisotopic (exact) mass is 278 g/mol. The Hall–Kier alpha value is -1.59. The Morgan fingerprint density at radius 3 is 2.15 bits per heavy atom. The number of carbonyl (C=O) groups is 1. The van der Waals surface area contributed by atoms with E-state index in [-0.39, 0.29) is 5.91 Å². The van der Waals surface area contributed by atoms with Crippen molar-refractivity contribution in [3.05, 3.63) is 29.8 Å². The molecule has 1 N–H and O–H groups in total. The first-order valence-electron chi connectivity index (χ1n) is 6.86. The van der Waals surface area contributed by atoms with E-state index in [2.05, 4.69) is 10.2 Å². The number of rotatable bonds is 5. The summed E-state index contributed by atoms with van der Waals surface area (Å²) in [6.07, 6.45) is 2.47. The van der Waals surface area contributed by atoms with Gasteiger partial charge >= 0.3 is 0 Å². The lowest BCUT2D eigenvalue weighted by Gasteiger charge is -2.29. The molecule has 1 aliphatic heterocycles. The summed E-state index contributed by atoms with van der Waals surface area (Å²) >= 11 is 0. The van der Waals surface area contributed by atoms with E-state index < -0.39 is 5.79 Å². The van der Waals surface area contributed by atoms with Crippen molar-refractivity contribution >= 4 is 11.6 Å². The Balaban J connectivity index is 2.28. The van der Waals surface area contributed by atoms with Crippen LogP contribution in [0.25, 0.3) is 0 Å². The standard InChI is InChI=1S/C15H22N2O3/c1-16-14(18)15(19-2,20-3)12-6-8-13(9-7-12)17-10-4-5-11-17/h6-9H,4-5,10-11H2,1-3H3,(H,16,18). The van der Waals surface area contributed by atoms with E-state index in [4.69, 9.17) is 9.47 Å². The largest absolute Gasteiger partial charge is 0.372 e. The molecule has 1 aliphatic rings. The third-order valence-electron chi connectivity index (χ3n) is 3.82. The van der Waals surface area contributed by atoms with Gasteiger partial charge in [-0.15, -0.1) is 0 Å². The molecule has 0 aromatic heterocycles. The van der Waals surface area contributed by atoms with E-state index in [1.165, 1.54) is 32.7 Å². The van der Waals surface area contributed by atoms with Gasteiger partial charge in [-0.05, 0) is 25.0 Å². The van der Waals surface area contributed by atoms with E-state index in [9.17, 15) is 4.79 Å². The maximum atomic E-state index is 12.1. The second kappa shape index (κ2) is 6.24. The molecule has 5 heteroatoms. The van der Waals surface area contributed by atoms with Crippen LogP contribution in [0.3, 0.4) is 0 Å². The van der Waals surface area contributed by atoms with Gasteiger partial charge < -0.3 is 19.7 Å². The minimum atomic E-state index is -1.39. The van der Waals surface area contributed by atoms with E-state index in [0.29, 0.717) is 5.56 Å². The third kappa shape index (κ3) is 2.51. The van der Waals surface area contributed by atoms with Crippen molar-refractivity contribution in [2.75, 3.05) is 39.3 Å². The highest BCUT2D eigenvalue weighted by atomic mass is 16.7. The Bertz CT molecular complexity index is 449. The predicted octanol–water partition coefficient (Wildman–Crippen LogP) is 1.48. The van der Waals surface area contributed by atoms with Gasteiger partial charge in [0.25, 0.3) is 11.7 Å². The maximum absolute atomic E-state index is 12.1. The van der Waals surface area contributed by atoms with Crippen molar-refractivity contribution in [2.24, 2.45) is 0 Å². The molecule has 1 saturated heterocycles. The number of hydrogen-bond donors (Lipinski definition) is 1. The summed E-state index contributed by atoms with van der Waals surface area (Å²) in [5, 5.41) is 2.58. The van der Waals surface area contributed by atoms with Gasteiger partial charge in [-0.2, -0.15) is 0 Å². The van der Waals surface area contributed by atoms with Gasteiger partial charge in [-0.25, -0.2) is 0 Å².